The van der Waals surface area contributed by atoms with Crippen molar-refractivity contribution in [3.8, 4) is 33.9 Å². The Kier molecular flexibility index (Phi) is 33.0. The summed E-state index contributed by atoms with van der Waals surface area (Å²) in [5.41, 5.74) is 20.5. The second-order valence-corrected chi connectivity index (χ2v) is 36.8. The molecule has 10 aromatic carbocycles. The number of aryl methyl sites for hydroxylation is 8. The maximum atomic E-state index is 14.0. The molecule has 0 amide bonds. The van der Waals surface area contributed by atoms with Crippen molar-refractivity contribution in [1.82, 2.24) is 4.58 Å². The molecule has 0 saturated carbocycles. The van der Waals surface area contributed by atoms with E-state index in [-0.39, 0.29) is 194 Å². The summed E-state index contributed by atoms with van der Waals surface area (Å²) in [7, 11) is -22.9. The number of ketones is 4. The van der Waals surface area contributed by atoms with Crippen molar-refractivity contribution in [3.63, 3.8) is 0 Å². The Morgan fingerprint density at radius 2 is 0.898 bits per heavy atom. The van der Waals surface area contributed by atoms with Crippen molar-refractivity contribution < 1.29 is 182 Å². The average molecular weight is 1840 g/mol. The maximum Gasteiger partial charge on any atom is 1.00 e. The standard InChI is InChI=1S/C37H38N2O3.C32H30N2O8S2.C24H23NO7S2.3Na.O3S/c1-8-21(2)20-37(6,7)25-13-15-26(16-14-25)42-30-19-29(39-34-23(4)17-22(3)18-24(34)5)31-32(33(30)38)36(41)28-12-10-9-11-27(28)35(31)40;1-15-13-17(3)31(43(37,38)39)19(5)27(15)33-23-11-12-24(26-25(23)29(35)21-9-7-8-10-22(21)30(26)36)34-28-16(2)14-18(4)32(20(28)6)44(40,41)42;1-4-25(5-2)16-7-10-19-22(13-16)32-21-12-15(3)6-9-18(21)24(19)20-11-8-17(33(26,27)28)14-23(20)34(29,30)31;;;;1-4(2)3/h9-19,39H,2,8,20,38H2,1,3-7H3;7-14,33-34H,1-6H3,(H,37,38,39)(H,40,41,42);6-14H,4-5H2,1-3H3,(H-,26,27,28,29,30,31);;;;/q;;;3*+1;/p-3. The molecule has 1 aliphatic heterocycles. The molecular formula is C93H88N5Na3O21S5. The molecule has 26 nitrogen and oxygen atoms in total. The van der Waals surface area contributed by atoms with Gasteiger partial charge in [-0.2, -0.15) is 0 Å². The molecule has 3 aliphatic carbocycles. The Labute approximate surface area is 806 Å². The van der Waals surface area contributed by atoms with E-state index in [0.717, 1.165) is 65.3 Å². The SMILES string of the molecule is C=C(CC)CC(C)(C)c1ccc(Oc2cc(Nc3c(C)cc(C)cc3C)c3c(c2N)C(=O)c2ccccc2C3=O)cc1.CC[N+](CC)=c1ccc2c(-c3ccc(S(=O)(=O)[O-])cc3S(=O)(=O)[O-])c3ccc(C)cc3oc-2c1.Cc1cc(C)c(S(=O)(=O)[O-])c(C)c1Nc1ccc(Nc2c(C)cc(C)c(S(=O)(=O)[O-])c2C)c2c1C(=O)c1ccccc1C2=O.O=S(=O)=O.[Na+].[Na+].[Na+]. The molecule has 14 rings (SSSR count). The van der Waals surface area contributed by atoms with E-state index in [1.807, 2.05) is 71.9 Å². The summed E-state index contributed by atoms with van der Waals surface area (Å²) in [6.45, 7) is 33.7. The van der Waals surface area contributed by atoms with Gasteiger partial charge in [-0.3, -0.25) is 19.2 Å². The van der Waals surface area contributed by atoms with Crippen LogP contribution in [-0.2, 0) is 56.5 Å². The summed E-state index contributed by atoms with van der Waals surface area (Å²) < 4.78 is 184. The van der Waals surface area contributed by atoms with Gasteiger partial charge < -0.3 is 49.0 Å². The number of benzene rings is 11. The van der Waals surface area contributed by atoms with E-state index in [4.69, 9.17) is 27.5 Å². The molecule has 1 heterocycles. The fourth-order valence-corrected chi connectivity index (χ4v) is 19.4. The molecule has 0 radical (unpaired) electrons. The Balaban J connectivity index is 0.000000230. The third-order valence-electron chi connectivity index (χ3n) is 21.9. The van der Waals surface area contributed by atoms with E-state index in [1.165, 1.54) is 69.2 Å². The monoisotopic (exact) mass is 1840 g/mol. The van der Waals surface area contributed by atoms with Gasteiger partial charge in [0.25, 0.3) is 0 Å². The third-order valence-corrected chi connectivity index (χ3v) is 25.8. The number of nitrogen functional groups attached to an aromatic ring is 1. The molecule has 127 heavy (non-hydrogen) atoms. The molecule has 4 aliphatic rings. The van der Waals surface area contributed by atoms with Crippen LogP contribution < -0.4 is 125 Å². The van der Waals surface area contributed by atoms with Crippen LogP contribution in [0.2, 0.25) is 0 Å². The first-order valence-electron chi connectivity index (χ1n) is 38.9. The van der Waals surface area contributed by atoms with Crippen molar-refractivity contribution in [3.05, 3.63) is 293 Å². The fraction of sp³-hybridized carbons (Fsp3) is 0.215. The first-order valence-corrected chi connectivity index (χ1v) is 45.5. The second kappa shape index (κ2) is 40.7. The number of fused-ring (bicyclic) bond motifs is 6. The summed E-state index contributed by atoms with van der Waals surface area (Å²) in [5, 5.41) is 11.1. The number of carbonyl (C=O) groups excluding carboxylic acids is 4. The molecule has 5 N–H and O–H groups in total. The molecule has 0 aromatic heterocycles. The van der Waals surface area contributed by atoms with Crippen LogP contribution >= 0.6 is 0 Å². The van der Waals surface area contributed by atoms with Crippen molar-refractivity contribution in [2.75, 3.05) is 34.8 Å². The van der Waals surface area contributed by atoms with Gasteiger partial charge in [-0.1, -0.05) is 142 Å². The normalized spacial score (nSPS) is 12.1. The van der Waals surface area contributed by atoms with Gasteiger partial charge in [-0.05, 0) is 206 Å². The first kappa shape index (κ1) is 103. The van der Waals surface area contributed by atoms with Gasteiger partial charge >= 0.3 is 99.3 Å². The topological polar surface area (TPSA) is 436 Å². The minimum Gasteiger partial charge on any atom is -0.744 e. The number of nitrogens with zero attached hydrogens (tertiary/aromatic N) is 1. The number of nitrogens with two attached hydrogens (primary N) is 1. The zero-order valence-electron chi connectivity index (χ0n) is 73.3. The summed E-state index contributed by atoms with van der Waals surface area (Å²) in [4.78, 5) is 53.3. The molecule has 0 spiro atoms. The molecule has 0 saturated heterocycles. The van der Waals surface area contributed by atoms with Crippen LogP contribution in [0.25, 0.3) is 33.4 Å². The van der Waals surface area contributed by atoms with Crippen molar-refractivity contribution in [2.45, 2.75) is 142 Å². The van der Waals surface area contributed by atoms with Crippen LogP contribution in [0.5, 0.6) is 11.5 Å². The van der Waals surface area contributed by atoms with Gasteiger partial charge in [0.15, 0.2) is 28.9 Å². The predicted octanol–water partition coefficient (Wildman–Crippen LogP) is 7.89. The average Bonchev–Trinajstić information content (AvgIpc) is 0.734. The zero-order chi connectivity index (χ0) is 91.2. The molecule has 0 unspecified atom stereocenters. The summed E-state index contributed by atoms with van der Waals surface area (Å²) >= 11 is 0. The van der Waals surface area contributed by atoms with E-state index < -0.39 is 72.4 Å². The molecule has 10 aromatic rings. The van der Waals surface area contributed by atoms with Crippen molar-refractivity contribution >= 4 is 125 Å². The number of ether oxygens (including phenoxy) is 1. The smallest absolute Gasteiger partial charge is 0.744 e. The Bertz CT molecular complexity index is 7010. The second-order valence-electron chi connectivity index (χ2n) is 31.0. The van der Waals surface area contributed by atoms with Gasteiger partial charge in [0, 0.05) is 73.5 Å². The van der Waals surface area contributed by atoms with Gasteiger partial charge in [0.1, 0.15) is 70.7 Å². The van der Waals surface area contributed by atoms with E-state index in [2.05, 4.69) is 72.1 Å². The van der Waals surface area contributed by atoms with E-state index in [9.17, 15) is 71.1 Å². The predicted molar refractivity (Wildman–Crippen MR) is 470 cm³/mol. The minimum atomic E-state index is -5.13. The minimum absolute atomic E-state index is 0. The summed E-state index contributed by atoms with van der Waals surface area (Å²) in [5.74, 6) is -0.126. The number of carbonyl (C=O) groups is 4. The Morgan fingerprint density at radius 1 is 0.465 bits per heavy atom. The molecule has 0 atom stereocenters. The number of hydrogen-bond acceptors (Lipinski definition) is 25. The summed E-state index contributed by atoms with van der Waals surface area (Å²) in [6, 6.07) is 46.9. The molecule has 0 bridgehead atoms. The van der Waals surface area contributed by atoms with Gasteiger partial charge in [-0.15, -0.1) is 12.6 Å². The van der Waals surface area contributed by atoms with Crippen LogP contribution in [0, 0.1) is 69.2 Å². The summed E-state index contributed by atoms with van der Waals surface area (Å²) in [6.07, 6.45) is 1.85. The largest absolute Gasteiger partial charge is 1.00 e. The number of rotatable bonds is 19. The Morgan fingerprint density at radius 3 is 1.33 bits per heavy atom. The quantitative estimate of drug-likeness (QED) is 0.0149. The number of allylic oxidation sites excluding steroid dienone is 1. The van der Waals surface area contributed by atoms with Gasteiger partial charge in [0.05, 0.1) is 70.7 Å². The van der Waals surface area contributed by atoms with Crippen LogP contribution in [0.1, 0.15) is 172 Å². The number of nitrogens with one attached hydrogen (secondary N) is 3. The fourth-order valence-electron chi connectivity index (χ4n) is 16.3. The first-order chi connectivity index (χ1) is 58.0. The zero-order valence-corrected chi connectivity index (χ0v) is 83.4. The van der Waals surface area contributed by atoms with Crippen molar-refractivity contribution in [2.24, 2.45) is 0 Å². The number of hydrogen-bond donors (Lipinski definition) is 4. The van der Waals surface area contributed by atoms with Crippen LogP contribution in [0.15, 0.2) is 206 Å². The van der Waals surface area contributed by atoms with Crippen LogP contribution in [0.4, 0.5) is 39.8 Å². The third kappa shape index (κ3) is 22.0. The van der Waals surface area contributed by atoms with E-state index >= 15 is 0 Å². The van der Waals surface area contributed by atoms with Gasteiger partial charge in [0.2, 0.25) is 5.36 Å². The number of anilines is 7. The Hall–Kier alpha value is -9.43. The van der Waals surface area contributed by atoms with E-state index in [1.54, 1.807) is 86.6 Å². The van der Waals surface area contributed by atoms with Gasteiger partial charge in [-0.25, -0.2) is 38.2 Å². The molecular weight excluding hydrogens is 1750 g/mol. The van der Waals surface area contributed by atoms with Crippen LogP contribution in [-0.4, -0.2) is 101 Å². The van der Waals surface area contributed by atoms with E-state index in [0.29, 0.717) is 84.7 Å². The molecule has 34 heteroatoms. The molecule has 0 fully saturated rings. The van der Waals surface area contributed by atoms with Crippen LogP contribution in [0.3, 0.4) is 0 Å². The molecule has 644 valence electrons. The van der Waals surface area contributed by atoms with Crippen molar-refractivity contribution in [1.29, 1.82) is 0 Å². The maximum absolute atomic E-state index is 14.0.